The zero-order chi connectivity index (χ0) is 5.58. The maximum atomic E-state index is 5.89. The molecule has 0 unspecified atom stereocenters. The van der Waals surface area contributed by atoms with Crippen molar-refractivity contribution in [2.45, 2.75) is 0 Å². The van der Waals surface area contributed by atoms with Crippen molar-refractivity contribution >= 4 is 10.5 Å². The van der Waals surface area contributed by atoms with Crippen molar-refractivity contribution in [1.29, 1.82) is 0 Å². The van der Waals surface area contributed by atoms with Crippen molar-refractivity contribution in [2.75, 3.05) is 21.1 Å². The SMILES string of the molecule is CN(C)C.[OH2+][SiH3]. The fourth-order valence-electron chi connectivity index (χ4n) is 0. The second kappa shape index (κ2) is 8.93. The van der Waals surface area contributed by atoms with Crippen LogP contribution >= 0.6 is 0 Å². The standard InChI is InChI=1S/C3H9N.H4OSi/c1-4(2)3;1-2/h1-3H3;1H,2H3/p+1. The highest BCUT2D eigenvalue weighted by Crippen LogP contribution is 1.47. The van der Waals surface area contributed by atoms with Crippen LogP contribution in [-0.2, 0) is 0 Å². The van der Waals surface area contributed by atoms with Crippen LogP contribution in [0.1, 0.15) is 0 Å². The Hall–Kier alpha value is 0.137. The molecule has 0 aromatic carbocycles. The molecule has 0 fully saturated rings. The van der Waals surface area contributed by atoms with Gasteiger partial charge in [0.2, 0.25) is 0 Å². The smallest absolute Gasteiger partial charge is 0.338 e. The summed E-state index contributed by atoms with van der Waals surface area (Å²) in [6, 6.07) is 0. The fourth-order valence-corrected chi connectivity index (χ4v) is 0. The molecule has 0 saturated carbocycles. The molecule has 0 atom stereocenters. The van der Waals surface area contributed by atoms with Crippen molar-refractivity contribution in [1.82, 2.24) is 4.90 Å². The third-order valence-electron chi connectivity index (χ3n) is 0. The van der Waals surface area contributed by atoms with Crippen molar-refractivity contribution < 1.29 is 4.80 Å². The second-order valence-corrected chi connectivity index (χ2v) is 1.34. The topological polar surface area (TPSA) is 26.1 Å². The highest BCUT2D eigenvalue weighted by molar-refractivity contribution is 5.95. The first-order valence-corrected chi connectivity index (χ1v) is 2.84. The van der Waals surface area contributed by atoms with Gasteiger partial charge in [-0.2, -0.15) is 0 Å². The summed E-state index contributed by atoms with van der Waals surface area (Å²) >= 11 is 0. The van der Waals surface area contributed by atoms with Gasteiger partial charge in [0.15, 0.2) is 0 Å². The van der Waals surface area contributed by atoms with Crippen LogP contribution in [-0.4, -0.2) is 41.3 Å². The molecule has 0 amide bonds. The first kappa shape index (κ1) is 9.46. The minimum absolute atomic E-state index is 0.556. The van der Waals surface area contributed by atoms with E-state index in [0.29, 0.717) is 10.5 Å². The van der Waals surface area contributed by atoms with Crippen molar-refractivity contribution in [3.05, 3.63) is 0 Å². The summed E-state index contributed by atoms with van der Waals surface area (Å²) < 4.78 is 0. The van der Waals surface area contributed by atoms with E-state index in [1.807, 2.05) is 26.0 Å². The molecule has 3 heteroatoms. The summed E-state index contributed by atoms with van der Waals surface area (Å²) in [5, 5.41) is 0. The van der Waals surface area contributed by atoms with Crippen LogP contribution in [0.2, 0.25) is 0 Å². The molecule has 0 bridgehead atoms. The molecule has 6 heavy (non-hydrogen) atoms. The van der Waals surface area contributed by atoms with Gasteiger partial charge in [0.05, 0.1) is 0 Å². The molecule has 0 aliphatic rings. The highest BCUT2D eigenvalue weighted by atomic mass is 28.2. The maximum Gasteiger partial charge on any atom is 0.338 e. The van der Waals surface area contributed by atoms with E-state index in [1.165, 1.54) is 0 Å². The molecular formula is C3H14NOSi+. The number of rotatable bonds is 0. The first-order chi connectivity index (χ1) is 2.73. The van der Waals surface area contributed by atoms with E-state index in [2.05, 4.69) is 0 Å². The molecular weight excluding hydrogens is 94.1 g/mol. The van der Waals surface area contributed by atoms with Gasteiger partial charge in [-0.3, -0.25) is 0 Å². The monoisotopic (exact) mass is 108 g/mol. The van der Waals surface area contributed by atoms with Gasteiger partial charge < -0.3 is 9.70 Å². The summed E-state index contributed by atoms with van der Waals surface area (Å²) in [6.07, 6.45) is 0. The van der Waals surface area contributed by atoms with Gasteiger partial charge >= 0.3 is 10.5 Å². The van der Waals surface area contributed by atoms with Gasteiger partial charge in [-0.25, -0.2) is 0 Å². The quantitative estimate of drug-likeness (QED) is 0.265. The lowest BCUT2D eigenvalue weighted by Gasteiger charge is -1.90. The summed E-state index contributed by atoms with van der Waals surface area (Å²) in [5.74, 6) is 0. The normalized spacial score (nSPS) is 7.50. The van der Waals surface area contributed by atoms with E-state index in [1.54, 1.807) is 0 Å². The summed E-state index contributed by atoms with van der Waals surface area (Å²) in [5.41, 5.74) is 0. The molecule has 0 saturated heterocycles. The Labute approximate surface area is 42.3 Å². The second-order valence-electron chi connectivity index (χ2n) is 1.34. The lowest BCUT2D eigenvalue weighted by Crippen LogP contribution is -1.99. The molecule has 0 aromatic rings. The van der Waals surface area contributed by atoms with Gasteiger partial charge in [0, 0.05) is 0 Å². The minimum atomic E-state index is 0.556. The molecule has 40 valence electrons. The van der Waals surface area contributed by atoms with Crippen molar-refractivity contribution in [3.63, 3.8) is 0 Å². The molecule has 0 rings (SSSR count). The van der Waals surface area contributed by atoms with Gasteiger partial charge in [-0.05, 0) is 21.1 Å². The molecule has 0 spiro atoms. The maximum absolute atomic E-state index is 5.89. The van der Waals surface area contributed by atoms with Crippen LogP contribution in [0.25, 0.3) is 0 Å². The Kier molecular flexibility index (Phi) is 14.1. The van der Waals surface area contributed by atoms with Crippen molar-refractivity contribution in [2.24, 2.45) is 0 Å². The summed E-state index contributed by atoms with van der Waals surface area (Å²) in [7, 11) is 6.56. The number of hydrogen-bond donors (Lipinski definition) is 0. The number of hydrogen-bond acceptors (Lipinski definition) is 1. The molecule has 0 radical (unpaired) electrons. The molecule has 2 nitrogen and oxygen atoms in total. The van der Waals surface area contributed by atoms with E-state index >= 15 is 0 Å². The van der Waals surface area contributed by atoms with Gasteiger partial charge in [0.25, 0.3) is 0 Å². The molecule has 0 aromatic heterocycles. The van der Waals surface area contributed by atoms with Crippen LogP contribution in [0.5, 0.6) is 0 Å². The lowest BCUT2D eigenvalue weighted by molar-refractivity contribution is 0.505. The van der Waals surface area contributed by atoms with Crippen LogP contribution in [0.3, 0.4) is 0 Å². The predicted octanol–water partition coefficient (Wildman–Crippen LogP) is -1.83. The summed E-state index contributed by atoms with van der Waals surface area (Å²) in [4.78, 5) is 7.89. The zero-order valence-electron chi connectivity index (χ0n) is 4.95. The van der Waals surface area contributed by atoms with Gasteiger partial charge in [0.1, 0.15) is 0 Å². The van der Waals surface area contributed by atoms with Crippen LogP contribution in [0, 0.1) is 0 Å². The fraction of sp³-hybridized carbons (Fsp3) is 1.00. The zero-order valence-corrected chi connectivity index (χ0v) is 6.95. The summed E-state index contributed by atoms with van der Waals surface area (Å²) in [6.45, 7) is 0. The third kappa shape index (κ3) is 2170. The van der Waals surface area contributed by atoms with Gasteiger partial charge in [-0.1, -0.05) is 0 Å². The Morgan fingerprint density at radius 3 is 1.17 bits per heavy atom. The highest BCUT2D eigenvalue weighted by Gasteiger charge is 1.58. The van der Waals surface area contributed by atoms with E-state index in [-0.39, 0.29) is 0 Å². The molecule has 0 heterocycles. The third-order valence-corrected chi connectivity index (χ3v) is 0. The largest absolute Gasteiger partial charge is 0.548 e. The Morgan fingerprint density at radius 2 is 1.17 bits per heavy atom. The molecule has 0 aliphatic heterocycles. The van der Waals surface area contributed by atoms with E-state index in [9.17, 15) is 0 Å². The average Bonchev–Trinajstić information content (AvgIpc) is 1.41. The minimum Gasteiger partial charge on any atom is -0.548 e. The Morgan fingerprint density at radius 1 is 1.17 bits per heavy atom. The Balaban J connectivity index is 0. The van der Waals surface area contributed by atoms with E-state index in [0.717, 1.165) is 0 Å². The van der Waals surface area contributed by atoms with Crippen LogP contribution in [0.4, 0.5) is 0 Å². The first-order valence-electron chi connectivity index (χ1n) is 1.84. The van der Waals surface area contributed by atoms with Crippen LogP contribution < -0.4 is 0 Å². The van der Waals surface area contributed by atoms with E-state index in [4.69, 9.17) is 4.80 Å². The van der Waals surface area contributed by atoms with Crippen molar-refractivity contribution in [3.8, 4) is 0 Å². The predicted molar refractivity (Wildman–Crippen MR) is 33.2 cm³/mol. The van der Waals surface area contributed by atoms with E-state index < -0.39 is 0 Å². The molecule has 0 aliphatic carbocycles. The molecule has 2 N–H and O–H groups in total. The number of nitrogens with zero attached hydrogens (tertiary/aromatic N) is 1. The average molecular weight is 108 g/mol. The van der Waals surface area contributed by atoms with Gasteiger partial charge in [-0.15, -0.1) is 0 Å². The Bertz CT molecular complexity index is 15.5. The van der Waals surface area contributed by atoms with Crippen LogP contribution in [0.15, 0.2) is 0 Å². The lowest BCUT2D eigenvalue weighted by atomic mass is 11.0.